The summed E-state index contributed by atoms with van der Waals surface area (Å²) in [4.78, 5) is 16.5. The molecule has 1 aromatic carbocycles. The minimum atomic E-state index is -0.322. The first-order valence-corrected chi connectivity index (χ1v) is 7.17. The Hall–Kier alpha value is -1.76. The number of nitrogens with one attached hydrogen (secondary N) is 1. The third-order valence-electron chi connectivity index (χ3n) is 3.38. The predicted molar refractivity (Wildman–Crippen MR) is 99.0 cm³/mol. The maximum Gasteiger partial charge on any atom is 0.222 e. The summed E-state index contributed by atoms with van der Waals surface area (Å²) < 4.78 is 7.06. The number of carbonyl (C=O) groups excluding carboxylic acids is 1. The molecule has 8 heteroatoms. The molecule has 2 atom stereocenters. The maximum absolute atomic E-state index is 12.1. The number of nitrogens with zero attached hydrogens (tertiary/aromatic N) is 2. The molecule has 3 N–H and O–H groups in total. The fourth-order valence-electron chi connectivity index (χ4n) is 2.26. The Morgan fingerprint density at radius 2 is 1.96 bits per heavy atom. The standard InChI is InChI=1S/C16H22N4O2.2ClH/c1-11(17)10-14(21)19-15(16-18-8-9-20(16)2)12-4-6-13(22-3)7-5-12;;/h4-9,11,15H,10,17H2,1-3H3,(H,19,21);2*1H. The zero-order chi connectivity index (χ0) is 16.1. The lowest BCUT2D eigenvalue weighted by molar-refractivity contribution is -0.121. The largest absolute Gasteiger partial charge is 0.497 e. The summed E-state index contributed by atoms with van der Waals surface area (Å²) in [6.07, 6.45) is 3.84. The normalized spacial score (nSPS) is 12.3. The van der Waals surface area contributed by atoms with Crippen molar-refractivity contribution in [3.63, 3.8) is 0 Å². The molecule has 2 unspecified atom stereocenters. The average Bonchev–Trinajstić information content (AvgIpc) is 2.90. The van der Waals surface area contributed by atoms with Gasteiger partial charge < -0.3 is 20.4 Å². The van der Waals surface area contributed by atoms with E-state index in [1.807, 2.05) is 49.0 Å². The van der Waals surface area contributed by atoms with Gasteiger partial charge in [0.1, 0.15) is 17.6 Å². The van der Waals surface area contributed by atoms with Crippen LogP contribution >= 0.6 is 24.8 Å². The first-order valence-electron chi connectivity index (χ1n) is 7.17. The summed E-state index contributed by atoms with van der Waals surface area (Å²) in [6.45, 7) is 1.81. The highest BCUT2D eigenvalue weighted by Gasteiger charge is 2.21. The van der Waals surface area contributed by atoms with E-state index in [-0.39, 0.29) is 49.2 Å². The van der Waals surface area contributed by atoms with Crippen molar-refractivity contribution >= 4 is 30.7 Å². The van der Waals surface area contributed by atoms with E-state index in [9.17, 15) is 4.79 Å². The minimum Gasteiger partial charge on any atom is -0.497 e. The van der Waals surface area contributed by atoms with Gasteiger partial charge in [-0.3, -0.25) is 4.79 Å². The number of ether oxygens (including phenoxy) is 1. The Labute approximate surface area is 154 Å². The van der Waals surface area contributed by atoms with Crippen LogP contribution in [0.3, 0.4) is 0 Å². The summed E-state index contributed by atoms with van der Waals surface area (Å²) >= 11 is 0. The summed E-state index contributed by atoms with van der Waals surface area (Å²) in [5.41, 5.74) is 6.63. The number of imidazole rings is 1. The van der Waals surface area contributed by atoms with E-state index in [2.05, 4.69) is 10.3 Å². The van der Waals surface area contributed by atoms with Gasteiger partial charge in [-0.2, -0.15) is 0 Å². The van der Waals surface area contributed by atoms with Crippen LogP contribution in [0.25, 0.3) is 0 Å². The molecule has 0 aliphatic heterocycles. The summed E-state index contributed by atoms with van der Waals surface area (Å²) in [7, 11) is 3.52. The quantitative estimate of drug-likeness (QED) is 0.811. The van der Waals surface area contributed by atoms with Gasteiger partial charge in [0.2, 0.25) is 5.91 Å². The first kappa shape index (κ1) is 22.2. The van der Waals surface area contributed by atoms with Crippen molar-refractivity contribution in [2.75, 3.05) is 7.11 Å². The number of aromatic nitrogens is 2. The zero-order valence-electron chi connectivity index (χ0n) is 13.9. The van der Waals surface area contributed by atoms with Gasteiger partial charge in [0.25, 0.3) is 0 Å². The van der Waals surface area contributed by atoms with Crippen LogP contribution in [0.5, 0.6) is 5.75 Å². The first-order chi connectivity index (χ1) is 10.5. The number of halogens is 2. The van der Waals surface area contributed by atoms with E-state index in [4.69, 9.17) is 10.5 Å². The second kappa shape index (κ2) is 10.2. The van der Waals surface area contributed by atoms with E-state index in [0.29, 0.717) is 0 Å². The SMILES string of the molecule is COc1ccc(C(NC(=O)CC(C)N)c2nccn2C)cc1.Cl.Cl. The number of methoxy groups -OCH3 is 1. The number of hydrogen-bond acceptors (Lipinski definition) is 4. The van der Waals surface area contributed by atoms with E-state index in [0.717, 1.165) is 17.1 Å². The monoisotopic (exact) mass is 374 g/mol. The topological polar surface area (TPSA) is 82.2 Å². The molecule has 0 bridgehead atoms. The number of benzene rings is 1. The molecule has 24 heavy (non-hydrogen) atoms. The Bertz CT molecular complexity index is 629. The zero-order valence-corrected chi connectivity index (χ0v) is 15.6. The van der Waals surface area contributed by atoms with Crippen LogP contribution in [0.15, 0.2) is 36.7 Å². The fraction of sp³-hybridized carbons (Fsp3) is 0.375. The number of amides is 1. The molecule has 2 rings (SSSR count). The second-order valence-corrected chi connectivity index (χ2v) is 5.35. The van der Waals surface area contributed by atoms with E-state index in [1.165, 1.54) is 0 Å². The van der Waals surface area contributed by atoms with Crippen molar-refractivity contribution < 1.29 is 9.53 Å². The van der Waals surface area contributed by atoms with Gasteiger partial charge in [0, 0.05) is 31.9 Å². The summed E-state index contributed by atoms with van der Waals surface area (Å²) in [5, 5.41) is 3.00. The maximum atomic E-state index is 12.1. The number of hydrogen-bond donors (Lipinski definition) is 2. The lowest BCUT2D eigenvalue weighted by Gasteiger charge is -2.20. The van der Waals surface area contributed by atoms with Crippen molar-refractivity contribution in [3.05, 3.63) is 48.0 Å². The fourth-order valence-corrected chi connectivity index (χ4v) is 2.26. The van der Waals surface area contributed by atoms with Gasteiger partial charge in [0.15, 0.2) is 0 Å². The third-order valence-corrected chi connectivity index (χ3v) is 3.38. The van der Waals surface area contributed by atoms with Crippen molar-refractivity contribution in [3.8, 4) is 5.75 Å². The molecule has 1 heterocycles. The molecule has 1 amide bonds. The van der Waals surface area contributed by atoms with Crippen LogP contribution < -0.4 is 15.8 Å². The second-order valence-electron chi connectivity index (χ2n) is 5.35. The Kier molecular flexibility index (Phi) is 9.43. The third kappa shape index (κ3) is 5.70. The molecule has 6 nitrogen and oxygen atoms in total. The molecule has 0 saturated heterocycles. The van der Waals surface area contributed by atoms with Crippen LogP contribution in [0, 0.1) is 0 Å². The molecule has 134 valence electrons. The highest BCUT2D eigenvalue weighted by atomic mass is 35.5. The van der Waals surface area contributed by atoms with Crippen LogP contribution in [-0.4, -0.2) is 28.6 Å². The Morgan fingerprint density at radius 3 is 2.42 bits per heavy atom. The highest BCUT2D eigenvalue weighted by molar-refractivity contribution is 5.85. The molecule has 0 spiro atoms. The van der Waals surface area contributed by atoms with E-state index < -0.39 is 0 Å². The van der Waals surface area contributed by atoms with E-state index in [1.54, 1.807) is 13.3 Å². The van der Waals surface area contributed by atoms with Crippen molar-refractivity contribution in [1.82, 2.24) is 14.9 Å². The highest BCUT2D eigenvalue weighted by Crippen LogP contribution is 2.23. The van der Waals surface area contributed by atoms with E-state index >= 15 is 0 Å². The van der Waals surface area contributed by atoms with Crippen LogP contribution in [0.1, 0.15) is 30.8 Å². The lowest BCUT2D eigenvalue weighted by atomic mass is 10.1. The van der Waals surface area contributed by atoms with Gasteiger partial charge in [-0.05, 0) is 24.6 Å². The number of rotatable bonds is 6. The average molecular weight is 375 g/mol. The lowest BCUT2D eigenvalue weighted by Crippen LogP contribution is -2.34. The summed E-state index contributed by atoms with van der Waals surface area (Å²) in [5.74, 6) is 1.44. The minimum absolute atomic E-state index is 0. The van der Waals surface area contributed by atoms with Gasteiger partial charge in [-0.1, -0.05) is 12.1 Å². The van der Waals surface area contributed by atoms with Crippen molar-refractivity contribution in [2.24, 2.45) is 12.8 Å². The molecular formula is C16H24Cl2N4O2. The molecule has 0 saturated carbocycles. The molecule has 2 aromatic rings. The Balaban J connectivity index is 0.00000264. The van der Waals surface area contributed by atoms with Gasteiger partial charge in [-0.25, -0.2) is 4.98 Å². The number of aryl methyl sites for hydroxylation is 1. The van der Waals surface area contributed by atoms with Crippen molar-refractivity contribution in [1.29, 1.82) is 0 Å². The molecular weight excluding hydrogens is 351 g/mol. The molecule has 0 aliphatic rings. The van der Waals surface area contributed by atoms with Gasteiger partial charge in [-0.15, -0.1) is 24.8 Å². The van der Waals surface area contributed by atoms with Crippen LogP contribution in [-0.2, 0) is 11.8 Å². The summed E-state index contributed by atoms with van der Waals surface area (Å²) in [6, 6.07) is 7.07. The molecule has 0 fully saturated rings. The van der Waals surface area contributed by atoms with Crippen LogP contribution in [0.4, 0.5) is 0 Å². The van der Waals surface area contributed by atoms with Crippen molar-refractivity contribution in [2.45, 2.75) is 25.4 Å². The van der Waals surface area contributed by atoms with Gasteiger partial charge >= 0.3 is 0 Å². The molecule has 1 aromatic heterocycles. The molecule has 0 aliphatic carbocycles. The number of nitrogens with two attached hydrogens (primary N) is 1. The van der Waals surface area contributed by atoms with Gasteiger partial charge in [0.05, 0.1) is 7.11 Å². The number of carbonyl (C=O) groups is 1. The smallest absolute Gasteiger partial charge is 0.222 e. The van der Waals surface area contributed by atoms with Crippen LogP contribution in [0.2, 0.25) is 0 Å². The molecule has 0 radical (unpaired) electrons. The Morgan fingerprint density at radius 1 is 1.33 bits per heavy atom. The predicted octanol–water partition coefficient (Wildman–Crippen LogP) is 2.22.